The number of rotatable bonds is 3. The third kappa shape index (κ3) is 2.97. The number of alkyl halides is 3. The maximum atomic E-state index is 12.7. The molecule has 18 heavy (non-hydrogen) atoms. The Kier molecular flexibility index (Phi) is 4.16. The number of nitrogens with two attached hydrogens (primary N) is 1. The van der Waals surface area contributed by atoms with Crippen LogP contribution >= 0.6 is 11.8 Å². The zero-order valence-corrected chi connectivity index (χ0v) is 10.6. The molecule has 2 rings (SSSR count). The first-order chi connectivity index (χ1) is 8.52. The van der Waals surface area contributed by atoms with E-state index in [1.54, 1.807) is 4.57 Å². The Hall–Kier alpha value is -0.760. The summed E-state index contributed by atoms with van der Waals surface area (Å²) < 4.78 is 39.8. The van der Waals surface area contributed by atoms with Crippen molar-refractivity contribution in [1.29, 1.82) is 0 Å². The number of halogens is 3. The van der Waals surface area contributed by atoms with Gasteiger partial charge < -0.3 is 10.3 Å². The quantitative estimate of drug-likeness (QED) is 0.860. The molecule has 0 bridgehead atoms. The molecule has 1 aromatic heterocycles. The molecule has 1 aliphatic heterocycles. The van der Waals surface area contributed by atoms with E-state index in [2.05, 4.69) is 10.2 Å². The van der Waals surface area contributed by atoms with Crippen molar-refractivity contribution >= 4 is 11.8 Å². The second kappa shape index (κ2) is 5.48. The SMILES string of the molecule is NCC(Sc1nnc2n1CCCCC2)C(F)(F)F. The largest absolute Gasteiger partial charge is 0.402 e. The molecule has 1 atom stereocenters. The Bertz CT molecular complexity index is 404. The summed E-state index contributed by atoms with van der Waals surface area (Å²) in [4.78, 5) is 0. The van der Waals surface area contributed by atoms with Crippen LogP contribution in [0.5, 0.6) is 0 Å². The zero-order chi connectivity index (χ0) is 13.2. The average Bonchev–Trinajstić information content (AvgIpc) is 2.53. The molecular formula is C10H15F3N4S. The molecule has 0 radical (unpaired) electrons. The summed E-state index contributed by atoms with van der Waals surface area (Å²) in [5.74, 6) is 0.785. The van der Waals surface area contributed by atoms with Crippen LogP contribution in [0.15, 0.2) is 5.16 Å². The minimum atomic E-state index is -4.31. The van der Waals surface area contributed by atoms with Crippen LogP contribution < -0.4 is 5.73 Å². The number of hydrogen-bond acceptors (Lipinski definition) is 4. The molecule has 0 aliphatic carbocycles. The molecule has 0 amide bonds. The van der Waals surface area contributed by atoms with Crippen molar-refractivity contribution in [2.75, 3.05) is 6.54 Å². The van der Waals surface area contributed by atoms with E-state index in [0.29, 0.717) is 23.5 Å². The first-order valence-electron chi connectivity index (χ1n) is 5.88. The van der Waals surface area contributed by atoms with Gasteiger partial charge in [-0.2, -0.15) is 13.2 Å². The van der Waals surface area contributed by atoms with Crippen LogP contribution in [-0.2, 0) is 13.0 Å². The van der Waals surface area contributed by atoms with Crippen molar-refractivity contribution in [2.45, 2.75) is 48.8 Å². The van der Waals surface area contributed by atoms with E-state index in [1.165, 1.54) is 0 Å². The topological polar surface area (TPSA) is 56.7 Å². The molecular weight excluding hydrogens is 265 g/mol. The number of aryl methyl sites for hydroxylation is 1. The van der Waals surface area contributed by atoms with E-state index >= 15 is 0 Å². The molecule has 1 unspecified atom stereocenters. The maximum absolute atomic E-state index is 12.7. The fourth-order valence-electron chi connectivity index (χ4n) is 1.92. The van der Waals surface area contributed by atoms with Crippen LogP contribution in [0.3, 0.4) is 0 Å². The average molecular weight is 280 g/mol. The second-order valence-electron chi connectivity index (χ2n) is 4.24. The molecule has 4 nitrogen and oxygen atoms in total. The van der Waals surface area contributed by atoms with E-state index in [1.807, 2.05) is 0 Å². The van der Waals surface area contributed by atoms with E-state index in [9.17, 15) is 13.2 Å². The molecule has 0 saturated carbocycles. The number of thioether (sulfide) groups is 1. The molecule has 0 saturated heterocycles. The first kappa shape index (κ1) is 13.7. The van der Waals surface area contributed by atoms with E-state index in [0.717, 1.165) is 31.5 Å². The fourth-order valence-corrected chi connectivity index (χ4v) is 2.82. The third-order valence-corrected chi connectivity index (χ3v) is 4.16. The summed E-state index contributed by atoms with van der Waals surface area (Å²) in [6.07, 6.45) is -0.475. The third-order valence-electron chi connectivity index (χ3n) is 2.90. The summed E-state index contributed by atoms with van der Waals surface area (Å²) >= 11 is 0.666. The zero-order valence-electron chi connectivity index (χ0n) is 9.78. The Morgan fingerprint density at radius 1 is 1.28 bits per heavy atom. The van der Waals surface area contributed by atoms with Gasteiger partial charge in [0.15, 0.2) is 5.16 Å². The molecule has 1 aromatic rings. The lowest BCUT2D eigenvalue weighted by atomic mass is 10.2. The predicted molar refractivity (Wildman–Crippen MR) is 62.3 cm³/mol. The maximum Gasteiger partial charge on any atom is 0.402 e. The van der Waals surface area contributed by atoms with Gasteiger partial charge in [-0.05, 0) is 12.8 Å². The van der Waals surface area contributed by atoms with Crippen LogP contribution in [0.2, 0.25) is 0 Å². The molecule has 0 fully saturated rings. The van der Waals surface area contributed by atoms with Crippen molar-refractivity contribution < 1.29 is 13.2 Å². The van der Waals surface area contributed by atoms with Gasteiger partial charge >= 0.3 is 6.18 Å². The number of hydrogen-bond donors (Lipinski definition) is 1. The number of aromatic nitrogens is 3. The van der Waals surface area contributed by atoms with Gasteiger partial charge in [0, 0.05) is 19.5 Å². The van der Waals surface area contributed by atoms with Crippen LogP contribution in [0.1, 0.15) is 25.1 Å². The Balaban J connectivity index is 2.16. The van der Waals surface area contributed by atoms with Gasteiger partial charge in [0.2, 0.25) is 0 Å². The van der Waals surface area contributed by atoms with E-state index in [-0.39, 0.29) is 0 Å². The van der Waals surface area contributed by atoms with Crippen LogP contribution in [0, 0.1) is 0 Å². The second-order valence-corrected chi connectivity index (χ2v) is 5.41. The molecule has 2 heterocycles. The van der Waals surface area contributed by atoms with Gasteiger partial charge in [0.1, 0.15) is 11.1 Å². The molecule has 0 spiro atoms. The van der Waals surface area contributed by atoms with Crippen molar-refractivity contribution in [1.82, 2.24) is 14.8 Å². The highest BCUT2D eigenvalue weighted by molar-refractivity contribution is 7.99. The highest BCUT2D eigenvalue weighted by Crippen LogP contribution is 2.34. The molecule has 0 aromatic carbocycles. The van der Waals surface area contributed by atoms with Gasteiger partial charge in [-0.3, -0.25) is 0 Å². The van der Waals surface area contributed by atoms with Crippen LogP contribution in [0.25, 0.3) is 0 Å². The Morgan fingerprint density at radius 2 is 2.06 bits per heavy atom. The minimum Gasteiger partial charge on any atom is -0.329 e. The van der Waals surface area contributed by atoms with Crippen molar-refractivity contribution in [3.63, 3.8) is 0 Å². The van der Waals surface area contributed by atoms with Crippen LogP contribution in [0.4, 0.5) is 13.2 Å². The highest BCUT2D eigenvalue weighted by Gasteiger charge is 2.40. The van der Waals surface area contributed by atoms with Gasteiger partial charge in [-0.1, -0.05) is 18.2 Å². The lowest BCUT2D eigenvalue weighted by Gasteiger charge is -2.17. The Labute approximate surface area is 107 Å². The van der Waals surface area contributed by atoms with Gasteiger partial charge in [-0.25, -0.2) is 0 Å². The van der Waals surface area contributed by atoms with Gasteiger partial charge in [-0.15, -0.1) is 10.2 Å². The van der Waals surface area contributed by atoms with E-state index in [4.69, 9.17) is 5.73 Å². The molecule has 102 valence electrons. The predicted octanol–water partition coefficient (Wildman–Crippen LogP) is 1.99. The number of nitrogens with zero attached hydrogens (tertiary/aromatic N) is 3. The first-order valence-corrected chi connectivity index (χ1v) is 6.76. The normalized spacial score (nSPS) is 18.2. The summed E-state index contributed by atoms with van der Waals surface area (Å²) in [5.41, 5.74) is 5.18. The minimum absolute atomic E-state index is 0.333. The number of fused-ring (bicyclic) bond motifs is 1. The van der Waals surface area contributed by atoms with Gasteiger partial charge in [0.05, 0.1) is 0 Å². The van der Waals surface area contributed by atoms with Crippen molar-refractivity contribution in [3.8, 4) is 0 Å². The summed E-state index contributed by atoms with van der Waals surface area (Å²) in [6.45, 7) is 0.246. The summed E-state index contributed by atoms with van der Waals surface area (Å²) in [6, 6.07) is 0. The Morgan fingerprint density at radius 3 is 2.72 bits per heavy atom. The van der Waals surface area contributed by atoms with Crippen LogP contribution in [-0.4, -0.2) is 32.7 Å². The monoisotopic (exact) mass is 280 g/mol. The lowest BCUT2D eigenvalue weighted by molar-refractivity contribution is -0.126. The smallest absolute Gasteiger partial charge is 0.329 e. The fraction of sp³-hybridized carbons (Fsp3) is 0.800. The highest BCUT2D eigenvalue weighted by atomic mass is 32.2. The summed E-state index contributed by atoms with van der Waals surface area (Å²) in [5, 5.41) is 6.55. The van der Waals surface area contributed by atoms with Gasteiger partial charge in [0.25, 0.3) is 0 Å². The molecule has 2 N–H and O–H groups in total. The van der Waals surface area contributed by atoms with Crippen molar-refractivity contribution in [2.24, 2.45) is 5.73 Å². The summed E-state index contributed by atoms with van der Waals surface area (Å²) in [7, 11) is 0. The lowest BCUT2D eigenvalue weighted by Crippen LogP contribution is -2.33. The van der Waals surface area contributed by atoms with E-state index < -0.39 is 18.0 Å². The molecule has 1 aliphatic rings. The molecule has 8 heteroatoms. The van der Waals surface area contributed by atoms with Crippen molar-refractivity contribution in [3.05, 3.63) is 5.82 Å². The standard InChI is InChI=1S/C10H15F3N4S/c11-10(12,13)7(6-14)18-9-16-15-8-4-2-1-3-5-17(8)9/h7H,1-6,14H2.